The van der Waals surface area contributed by atoms with Gasteiger partial charge in [0.25, 0.3) is 0 Å². The van der Waals surface area contributed by atoms with Crippen molar-refractivity contribution in [2.45, 2.75) is 13.0 Å². The number of hydrogen-bond acceptors (Lipinski definition) is 4. The van der Waals surface area contributed by atoms with Gasteiger partial charge in [-0.05, 0) is 37.5 Å². The highest BCUT2D eigenvalue weighted by Crippen LogP contribution is 2.25. The van der Waals surface area contributed by atoms with E-state index in [4.69, 9.17) is 10.5 Å². The van der Waals surface area contributed by atoms with Crippen LogP contribution in [0.1, 0.15) is 12.0 Å². The van der Waals surface area contributed by atoms with Gasteiger partial charge in [-0.15, -0.1) is 0 Å². The maximum absolute atomic E-state index is 5.79. The van der Waals surface area contributed by atoms with Crippen LogP contribution in [0.5, 0.6) is 5.88 Å². The van der Waals surface area contributed by atoms with Gasteiger partial charge >= 0.3 is 0 Å². The molecule has 1 heterocycles. The average molecular weight is 259 g/mol. The fourth-order valence-electron chi connectivity index (χ4n) is 2.05. The molecule has 4 heteroatoms. The molecular formula is C15H21N3O. The summed E-state index contributed by atoms with van der Waals surface area (Å²) >= 11 is 0. The zero-order valence-corrected chi connectivity index (χ0v) is 11.6. The summed E-state index contributed by atoms with van der Waals surface area (Å²) < 4.78 is 5.79. The summed E-state index contributed by atoms with van der Waals surface area (Å²) in [4.78, 5) is 6.52. The normalized spacial score (nSPS) is 11.2. The molecule has 0 aliphatic carbocycles. The second-order valence-electron chi connectivity index (χ2n) is 4.84. The van der Waals surface area contributed by atoms with Crippen LogP contribution in [-0.4, -0.2) is 37.1 Å². The summed E-state index contributed by atoms with van der Waals surface area (Å²) in [6.07, 6.45) is 2.80. The smallest absolute Gasteiger partial charge is 0.221 e. The minimum Gasteiger partial charge on any atom is -0.477 e. The van der Waals surface area contributed by atoms with Crippen molar-refractivity contribution in [1.82, 2.24) is 9.88 Å². The van der Waals surface area contributed by atoms with Gasteiger partial charge in [-0.1, -0.05) is 18.2 Å². The molecule has 102 valence electrons. The van der Waals surface area contributed by atoms with Crippen LogP contribution < -0.4 is 10.5 Å². The van der Waals surface area contributed by atoms with E-state index >= 15 is 0 Å². The van der Waals surface area contributed by atoms with Crippen molar-refractivity contribution >= 4 is 10.8 Å². The topological polar surface area (TPSA) is 51.4 Å². The summed E-state index contributed by atoms with van der Waals surface area (Å²) in [5.41, 5.74) is 6.79. The fourth-order valence-corrected chi connectivity index (χ4v) is 2.05. The second kappa shape index (κ2) is 6.50. The van der Waals surface area contributed by atoms with Gasteiger partial charge in [0, 0.05) is 24.7 Å². The highest BCUT2D eigenvalue weighted by Gasteiger charge is 2.07. The molecular weight excluding hydrogens is 238 g/mol. The lowest BCUT2D eigenvalue weighted by molar-refractivity contribution is 0.276. The summed E-state index contributed by atoms with van der Waals surface area (Å²) in [5, 5.41) is 2.16. The van der Waals surface area contributed by atoms with Crippen LogP contribution in [0.4, 0.5) is 0 Å². The van der Waals surface area contributed by atoms with Gasteiger partial charge in [0.15, 0.2) is 0 Å². The number of benzene rings is 1. The first-order valence-electron chi connectivity index (χ1n) is 6.56. The Morgan fingerprint density at radius 3 is 2.63 bits per heavy atom. The molecule has 0 aliphatic heterocycles. The highest BCUT2D eigenvalue weighted by atomic mass is 16.5. The van der Waals surface area contributed by atoms with Crippen molar-refractivity contribution in [1.29, 1.82) is 0 Å². The molecule has 0 aliphatic rings. The number of nitrogens with zero attached hydrogens (tertiary/aromatic N) is 2. The summed E-state index contributed by atoms with van der Waals surface area (Å²) in [6.45, 7) is 2.18. The van der Waals surface area contributed by atoms with Gasteiger partial charge in [-0.25, -0.2) is 4.98 Å². The molecule has 1 aromatic heterocycles. The van der Waals surface area contributed by atoms with E-state index in [2.05, 4.69) is 30.0 Å². The molecule has 0 bridgehead atoms. The average Bonchev–Trinajstić information content (AvgIpc) is 2.43. The van der Waals surface area contributed by atoms with Gasteiger partial charge in [-0.2, -0.15) is 0 Å². The number of rotatable bonds is 6. The predicted octanol–water partition coefficient (Wildman–Crippen LogP) is 2.02. The lowest BCUT2D eigenvalue weighted by atomic mass is 10.1. The van der Waals surface area contributed by atoms with E-state index in [1.54, 1.807) is 0 Å². The van der Waals surface area contributed by atoms with Gasteiger partial charge in [0.05, 0.1) is 6.61 Å². The molecule has 0 atom stereocenters. The molecule has 0 saturated carbocycles. The summed E-state index contributed by atoms with van der Waals surface area (Å²) in [6, 6.07) is 8.10. The zero-order valence-electron chi connectivity index (χ0n) is 11.6. The molecule has 4 nitrogen and oxygen atoms in total. The third-order valence-electron chi connectivity index (χ3n) is 3.05. The van der Waals surface area contributed by atoms with Crippen LogP contribution in [0.25, 0.3) is 10.8 Å². The maximum atomic E-state index is 5.79. The van der Waals surface area contributed by atoms with E-state index in [1.807, 2.05) is 24.4 Å². The van der Waals surface area contributed by atoms with Crippen LogP contribution >= 0.6 is 0 Å². The van der Waals surface area contributed by atoms with E-state index in [-0.39, 0.29) is 0 Å². The van der Waals surface area contributed by atoms with Crippen molar-refractivity contribution in [3.8, 4) is 5.88 Å². The Hall–Kier alpha value is -1.65. The van der Waals surface area contributed by atoms with Crippen LogP contribution in [-0.2, 0) is 6.54 Å². The van der Waals surface area contributed by atoms with E-state index in [0.717, 1.165) is 29.3 Å². The molecule has 0 fully saturated rings. The zero-order chi connectivity index (χ0) is 13.7. The first kappa shape index (κ1) is 13.8. The van der Waals surface area contributed by atoms with E-state index in [1.165, 1.54) is 0 Å². The van der Waals surface area contributed by atoms with Crippen molar-refractivity contribution < 1.29 is 4.74 Å². The minimum atomic E-state index is 0.494. The van der Waals surface area contributed by atoms with E-state index < -0.39 is 0 Å². The van der Waals surface area contributed by atoms with Crippen molar-refractivity contribution in [2.75, 3.05) is 27.2 Å². The SMILES string of the molecule is CN(C)CCCOc1ncc(CN)c2ccccc12. The maximum Gasteiger partial charge on any atom is 0.221 e. The highest BCUT2D eigenvalue weighted by molar-refractivity contribution is 5.89. The van der Waals surface area contributed by atoms with Gasteiger partial charge in [0.2, 0.25) is 5.88 Å². The Labute approximate surface area is 114 Å². The molecule has 2 N–H and O–H groups in total. The van der Waals surface area contributed by atoms with Gasteiger partial charge < -0.3 is 15.4 Å². The molecule has 0 radical (unpaired) electrons. The van der Waals surface area contributed by atoms with Crippen molar-refractivity contribution in [2.24, 2.45) is 5.73 Å². The molecule has 0 saturated heterocycles. The van der Waals surface area contributed by atoms with Gasteiger partial charge in [0.1, 0.15) is 0 Å². The first-order valence-corrected chi connectivity index (χ1v) is 6.56. The Bertz CT molecular complexity index is 540. The van der Waals surface area contributed by atoms with Crippen molar-refractivity contribution in [3.05, 3.63) is 36.0 Å². The molecule has 0 amide bonds. The number of pyridine rings is 1. The van der Waals surface area contributed by atoms with Crippen LogP contribution in [0.2, 0.25) is 0 Å². The minimum absolute atomic E-state index is 0.494. The number of fused-ring (bicyclic) bond motifs is 1. The number of aromatic nitrogens is 1. The third-order valence-corrected chi connectivity index (χ3v) is 3.05. The molecule has 0 spiro atoms. The van der Waals surface area contributed by atoms with E-state index in [0.29, 0.717) is 19.0 Å². The predicted molar refractivity (Wildman–Crippen MR) is 78.3 cm³/mol. The lowest BCUT2D eigenvalue weighted by Crippen LogP contribution is -2.15. The molecule has 0 unspecified atom stereocenters. The third kappa shape index (κ3) is 3.43. The Kier molecular flexibility index (Phi) is 4.71. The van der Waals surface area contributed by atoms with Crippen LogP contribution in [0.15, 0.2) is 30.5 Å². The number of nitrogens with two attached hydrogens (primary N) is 1. The lowest BCUT2D eigenvalue weighted by Gasteiger charge is -2.12. The molecule has 2 aromatic rings. The number of hydrogen-bond donors (Lipinski definition) is 1. The molecule has 1 aromatic carbocycles. The largest absolute Gasteiger partial charge is 0.477 e. The van der Waals surface area contributed by atoms with Crippen LogP contribution in [0.3, 0.4) is 0 Å². The summed E-state index contributed by atoms with van der Waals surface area (Å²) in [5.74, 6) is 0.701. The Morgan fingerprint density at radius 1 is 1.21 bits per heavy atom. The fraction of sp³-hybridized carbons (Fsp3) is 0.400. The monoisotopic (exact) mass is 259 g/mol. The van der Waals surface area contributed by atoms with Crippen molar-refractivity contribution in [3.63, 3.8) is 0 Å². The molecule has 2 rings (SSSR count). The van der Waals surface area contributed by atoms with Gasteiger partial charge in [-0.3, -0.25) is 0 Å². The Balaban J connectivity index is 2.15. The van der Waals surface area contributed by atoms with Crippen LogP contribution in [0, 0.1) is 0 Å². The number of ether oxygens (including phenoxy) is 1. The van der Waals surface area contributed by atoms with E-state index in [9.17, 15) is 0 Å². The Morgan fingerprint density at radius 2 is 1.95 bits per heavy atom. The second-order valence-corrected chi connectivity index (χ2v) is 4.84. The molecule has 19 heavy (non-hydrogen) atoms. The summed E-state index contributed by atoms with van der Waals surface area (Å²) in [7, 11) is 4.12. The first-order chi connectivity index (χ1) is 9.22. The standard InChI is InChI=1S/C15H21N3O/c1-18(2)8-5-9-19-15-14-7-4-3-6-13(14)12(10-16)11-17-15/h3-4,6-7,11H,5,8-10,16H2,1-2H3. The quantitative estimate of drug-likeness (QED) is 0.806.